The van der Waals surface area contributed by atoms with Crippen LogP contribution in [0, 0.1) is 5.82 Å². The van der Waals surface area contributed by atoms with Gasteiger partial charge in [0, 0.05) is 11.5 Å². The number of hydrogen-bond acceptors (Lipinski definition) is 3. The van der Waals surface area contributed by atoms with Crippen LogP contribution in [0.1, 0.15) is 28.9 Å². The molecular weight excluding hydrogens is 399 g/mol. The van der Waals surface area contributed by atoms with Crippen LogP contribution in [-0.2, 0) is 10.0 Å². The van der Waals surface area contributed by atoms with Crippen LogP contribution in [0.5, 0.6) is 0 Å². The van der Waals surface area contributed by atoms with E-state index in [2.05, 4.69) is 15.9 Å². The van der Waals surface area contributed by atoms with Gasteiger partial charge < -0.3 is 4.90 Å². The van der Waals surface area contributed by atoms with E-state index in [9.17, 15) is 17.6 Å². The van der Waals surface area contributed by atoms with Crippen LogP contribution in [-0.4, -0.2) is 26.3 Å². The third-order valence-electron chi connectivity index (χ3n) is 3.73. The Balaban J connectivity index is 2.34. The van der Waals surface area contributed by atoms with Crippen molar-refractivity contribution in [2.75, 3.05) is 7.05 Å². The zero-order chi connectivity index (χ0) is 18.1. The molecule has 0 aliphatic rings. The zero-order valence-corrected chi connectivity index (χ0v) is 15.4. The number of amides is 1. The molecule has 0 fully saturated rings. The number of primary sulfonamides is 1. The fourth-order valence-electron chi connectivity index (χ4n) is 2.20. The van der Waals surface area contributed by atoms with E-state index in [0.717, 1.165) is 6.07 Å². The average Bonchev–Trinajstić information content (AvgIpc) is 2.54. The first kappa shape index (κ1) is 18.6. The fourth-order valence-corrected chi connectivity index (χ4v) is 3.19. The number of nitrogens with zero attached hydrogens (tertiary/aromatic N) is 1. The van der Waals surface area contributed by atoms with Crippen molar-refractivity contribution in [2.24, 2.45) is 5.14 Å². The summed E-state index contributed by atoms with van der Waals surface area (Å²) in [6.45, 7) is 1.74. The van der Waals surface area contributed by atoms with E-state index in [1.807, 2.05) is 0 Å². The molecule has 8 heteroatoms. The summed E-state index contributed by atoms with van der Waals surface area (Å²) in [4.78, 5) is 14.0. The molecule has 0 aromatic heterocycles. The molecule has 1 amide bonds. The zero-order valence-electron chi connectivity index (χ0n) is 13.0. The van der Waals surface area contributed by atoms with Gasteiger partial charge in [-0.25, -0.2) is 17.9 Å². The Labute approximate surface area is 148 Å². The van der Waals surface area contributed by atoms with Gasteiger partial charge in [0.25, 0.3) is 5.91 Å². The largest absolute Gasteiger partial charge is 0.335 e. The number of hydrogen-bond donors (Lipinski definition) is 1. The molecule has 0 aliphatic heterocycles. The molecule has 0 aliphatic carbocycles. The van der Waals surface area contributed by atoms with E-state index in [1.54, 1.807) is 26.1 Å². The SMILES string of the molecule is CC(c1cccc(S(N)(=O)=O)c1)N(C)C(=O)c1cc(F)ccc1Br. The molecule has 24 heavy (non-hydrogen) atoms. The van der Waals surface area contributed by atoms with Crippen molar-refractivity contribution >= 4 is 31.9 Å². The highest BCUT2D eigenvalue weighted by Gasteiger charge is 2.22. The van der Waals surface area contributed by atoms with Crippen molar-refractivity contribution in [1.82, 2.24) is 4.90 Å². The monoisotopic (exact) mass is 414 g/mol. The van der Waals surface area contributed by atoms with Crippen molar-refractivity contribution in [3.63, 3.8) is 0 Å². The average molecular weight is 415 g/mol. The van der Waals surface area contributed by atoms with Gasteiger partial charge in [-0.1, -0.05) is 12.1 Å². The summed E-state index contributed by atoms with van der Waals surface area (Å²) < 4.78 is 36.8. The van der Waals surface area contributed by atoms with Gasteiger partial charge in [0.1, 0.15) is 5.82 Å². The Bertz CT molecular complexity index is 887. The van der Waals surface area contributed by atoms with Crippen molar-refractivity contribution in [2.45, 2.75) is 17.9 Å². The van der Waals surface area contributed by atoms with E-state index in [1.165, 1.54) is 29.2 Å². The summed E-state index contributed by atoms with van der Waals surface area (Å²) in [5, 5.41) is 5.13. The second kappa shape index (κ2) is 7.00. The predicted molar refractivity (Wildman–Crippen MR) is 92.4 cm³/mol. The molecular formula is C16H16BrFN2O3S. The number of carbonyl (C=O) groups excluding carboxylic acids is 1. The number of rotatable bonds is 4. The van der Waals surface area contributed by atoms with Crippen molar-refractivity contribution in [3.05, 3.63) is 63.9 Å². The van der Waals surface area contributed by atoms with Crippen LogP contribution in [0.2, 0.25) is 0 Å². The van der Waals surface area contributed by atoms with Crippen LogP contribution in [0.15, 0.2) is 51.8 Å². The molecule has 128 valence electrons. The second-order valence-electron chi connectivity index (χ2n) is 5.33. The molecule has 1 unspecified atom stereocenters. The Morgan fingerprint density at radius 1 is 1.25 bits per heavy atom. The normalized spacial score (nSPS) is 12.7. The minimum Gasteiger partial charge on any atom is -0.335 e. The molecule has 2 aromatic rings. The van der Waals surface area contributed by atoms with Crippen molar-refractivity contribution < 1.29 is 17.6 Å². The van der Waals surface area contributed by atoms with Crippen molar-refractivity contribution in [3.8, 4) is 0 Å². The van der Waals surface area contributed by atoms with Gasteiger partial charge in [-0.15, -0.1) is 0 Å². The third-order valence-corrected chi connectivity index (χ3v) is 5.33. The highest BCUT2D eigenvalue weighted by Crippen LogP contribution is 2.25. The highest BCUT2D eigenvalue weighted by molar-refractivity contribution is 9.10. The quantitative estimate of drug-likeness (QED) is 0.834. The standard InChI is InChI=1S/C16H16BrFN2O3S/c1-10(11-4-3-5-13(8-11)24(19,22)23)20(2)16(21)14-9-12(18)6-7-15(14)17/h3-10H,1-2H3,(H2,19,22,23). The summed E-state index contributed by atoms with van der Waals surface area (Å²) in [6, 6.07) is 9.49. The van der Waals surface area contributed by atoms with Crippen LogP contribution < -0.4 is 5.14 Å². The second-order valence-corrected chi connectivity index (χ2v) is 7.75. The maximum atomic E-state index is 13.4. The van der Waals surface area contributed by atoms with E-state index < -0.39 is 27.8 Å². The molecule has 0 saturated carbocycles. The van der Waals surface area contributed by atoms with E-state index in [-0.39, 0.29) is 10.5 Å². The molecule has 0 heterocycles. The highest BCUT2D eigenvalue weighted by atomic mass is 79.9. The Morgan fingerprint density at radius 2 is 1.92 bits per heavy atom. The molecule has 0 bridgehead atoms. The third kappa shape index (κ3) is 4.00. The number of halogens is 2. The Hall–Kier alpha value is -1.77. The molecule has 0 saturated heterocycles. The van der Waals surface area contributed by atoms with E-state index >= 15 is 0 Å². The lowest BCUT2D eigenvalue weighted by Crippen LogP contribution is -2.30. The smallest absolute Gasteiger partial charge is 0.255 e. The Morgan fingerprint density at radius 3 is 2.54 bits per heavy atom. The van der Waals surface area contributed by atoms with E-state index in [4.69, 9.17) is 5.14 Å². The predicted octanol–water partition coefficient (Wildman–Crippen LogP) is 3.07. The number of benzene rings is 2. The molecule has 1 atom stereocenters. The lowest BCUT2D eigenvalue weighted by molar-refractivity contribution is 0.0741. The molecule has 2 N–H and O–H groups in total. The van der Waals surface area contributed by atoms with E-state index in [0.29, 0.717) is 10.0 Å². The van der Waals surface area contributed by atoms with Gasteiger partial charge in [-0.05, 0) is 58.7 Å². The minimum atomic E-state index is -3.83. The summed E-state index contributed by atoms with van der Waals surface area (Å²) in [5.74, 6) is -0.909. The molecule has 0 radical (unpaired) electrons. The van der Waals surface area contributed by atoms with Crippen molar-refractivity contribution in [1.29, 1.82) is 0 Å². The lowest BCUT2D eigenvalue weighted by atomic mass is 10.1. The summed E-state index contributed by atoms with van der Waals surface area (Å²) in [5.41, 5.74) is 0.789. The van der Waals surface area contributed by atoms with Gasteiger partial charge in [0.15, 0.2) is 0 Å². The fraction of sp³-hybridized carbons (Fsp3) is 0.188. The van der Waals surface area contributed by atoms with Crippen LogP contribution >= 0.6 is 15.9 Å². The lowest BCUT2D eigenvalue weighted by Gasteiger charge is -2.26. The van der Waals surface area contributed by atoms with Gasteiger partial charge in [0.2, 0.25) is 10.0 Å². The summed E-state index contributed by atoms with van der Waals surface area (Å²) in [7, 11) is -2.27. The minimum absolute atomic E-state index is 0.0281. The first-order valence-electron chi connectivity index (χ1n) is 6.96. The maximum Gasteiger partial charge on any atom is 0.255 e. The summed E-state index contributed by atoms with van der Waals surface area (Å²) in [6.07, 6.45) is 0. The van der Waals surface area contributed by atoms with Gasteiger partial charge >= 0.3 is 0 Å². The maximum absolute atomic E-state index is 13.4. The number of sulfonamides is 1. The van der Waals surface area contributed by atoms with Gasteiger partial charge in [0.05, 0.1) is 16.5 Å². The molecule has 2 aromatic carbocycles. The summed E-state index contributed by atoms with van der Waals surface area (Å²) >= 11 is 3.23. The molecule has 2 rings (SSSR count). The molecule has 5 nitrogen and oxygen atoms in total. The first-order chi connectivity index (χ1) is 11.1. The molecule has 0 spiro atoms. The van der Waals surface area contributed by atoms with Crippen LogP contribution in [0.25, 0.3) is 0 Å². The van der Waals surface area contributed by atoms with Crippen LogP contribution in [0.3, 0.4) is 0 Å². The van der Waals surface area contributed by atoms with Crippen LogP contribution in [0.4, 0.5) is 4.39 Å². The Kier molecular flexibility index (Phi) is 5.42. The number of nitrogens with two attached hydrogens (primary N) is 1. The topological polar surface area (TPSA) is 80.5 Å². The first-order valence-corrected chi connectivity index (χ1v) is 9.30. The number of carbonyl (C=O) groups is 1. The van der Waals surface area contributed by atoms with Gasteiger partial charge in [-0.3, -0.25) is 4.79 Å². The van der Waals surface area contributed by atoms with Gasteiger partial charge in [-0.2, -0.15) is 0 Å².